The van der Waals surface area contributed by atoms with Crippen LogP contribution in [-0.4, -0.2) is 28.6 Å². The second-order valence-corrected chi connectivity index (χ2v) is 5.46. The molecule has 2 nitrogen and oxygen atoms in total. The summed E-state index contributed by atoms with van der Waals surface area (Å²) in [5.74, 6) is 1.04. The molecule has 1 aliphatic carbocycles. The normalized spacial score (nSPS) is 25.2. The van der Waals surface area contributed by atoms with Crippen molar-refractivity contribution in [3.63, 3.8) is 0 Å². The number of nitrogens with zero attached hydrogens (tertiary/aromatic N) is 1. The number of phenols is 1. The van der Waals surface area contributed by atoms with Gasteiger partial charge < -0.3 is 5.11 Å². The summed E-state index contributed by atoms with van der Waals surface area (Å²) in [4.78, 5) is 2.58. The van der Waals surface area contributed by atoms with Gasteiger partial charge in [0.2, 0.25) is 0 Å². The molecule has 0 saturated carbocycles. The Bertz CT molecular complexity index is 447. The largest absolute Gasteiger partial charge is 0.508 e. The van der Waals surface area contributed by atoms with Crippen molar-refractivity contribution in [3.8, 4) is 5.75 Å². The monoisotopic (exact) mass is 259 g/mol. The number of fused-ring (bicyclic) bond motifs is 2. The van der Waals surface area contributed by atoms with E-state index in [9.17, 15) is 5.11 Å². The quantitative estimate of drug-likeness (QED) is 0.870. The minimum atomic E-state index is 0.348. The lowest BCUT2D eigenvalue weighted by atomic mass is 9.95. The van der Waals surface area contributed by atoms with Gasteiger partial charge in [0.05, 0.1) is 0 Å². The number of aromatic hydroxyl groups is 1. The third-order valence-electron chi connectivity index (χ3n) is 4.06. The topological polar surface area (TPSA) is 23.5 Å². The Morgan fingerprint density at radius 3 is 2.26 bits per heavy atom. The van der Waals surface area contributed by atoms with Crippen molar-refractivity contribution in [1.29, 1.82) is 0 Å². The van der Waals surface area contributed by atoms with E-state index in [-0.39, 0.29) is 0 Å². The molecule has 0 amide bonds. The fourth-order valence-electron chi connectivity index (χ4n) is 3.20. The highest BCUT2D eigenvalue weighted by Crippen LogP contribution is 2.43. The lowest BCUT2D eigenvalue weighted by Gasteiger charge is -2.29. The Morgan fingerprint density at radius 2 is 1.79 bits per heavy atom. The fraction of sp³-hybridized carbons (Fsp3) is 0.529. The van der Waals surface area contributed by atoms with Gasteiger partial charge in [-0.3, -0.25) is 4.90 Å². The molecule has 0 radical (unpaired) electrons. The summed E-state index contributed by atoms with van der Waals surface area (Å²) in [6, 6.07) is 8.89. The molecule has 1 aromatic rings. The van der Waals surface area contributed by atoms with Gasteiger partial charge >= 0.3 is 0 Å². The summed E-state index contributed by atoms with van der Waals surface area (Å²) in [6.45, 7) is 9.73. The highest BCUT2D eigenvalue weighted by molar-refractivity contribution is 5.72. The van der Waals surface area contributed by atoms with Gasteiger partial charge in [0.25, 0.3) is 0 Å². The minimum Gasteiger partial charge on any atom is -0.508 e. The summed E-state index contributed by atoms with van der Waals surface area (Å²) in [7, 11) is 0. The van der Waals surface area contributed by atoms with Crippen molar-refractivity contribution in [2.45, 2.75) is 46.2 Å². The highest BCUT2D eigenvalue weighted by atomic mass is 16.3. The van der Waals surface area contributed by atoms with Crippen LogP contribution in [0, 0.1) is 5.92 Å². The molecule has 2 bridgehead atoms. The number of benzene rings is 1. The summed E-state index contributed by atoms with van der Waals surface area (Å²) in [5, 5.41) is 9.32. The number of phenolic OH excluding ortho intramolecular Hbond substituents is 1. The van der Waals surface area contributed by atoms with E-state index in [1.54, 1.807) is 12.1 Å². The Kier molecular flexibility index (Phi) is 4.31. The first-order chi connectivity index (χ1) is 9.15. The zero-order chi connectivity index (χ0) is 14.0. The lowest BCUT2D eigenvalue weighted by molar-refractivity contribution is 0.227. The van der Waals surface area contributed by atoms with E-state index < -0.39 is 0 Å². The number of likely N-dealkylation sites (tertiary alicyclic amines) is 1. The maximum absolute atomic E-state index is 9.32. The maximum Gasteiger partial charge on any atom is 0.115 e. The standard InChI is InChI=1S/C15H19NO.C2H6/c1-10(2)16-9-12-7-13(16)8-15(12)11-3-5-14(17)6-4-11;1-2/h3-6,8,10,12-13,17H,7,9H2,1-2H3;1-2H3. The molecule has 104 valence electrons. The first-order valence-corrected chi connectivity index (χ1v) is 7.42. The van der Waals surface area contributed by atoms with Gasteiger partial charge in [0.1, 0.15) is 5.75 Å². The van der Waals surface area contributed by atoms with Crippen LogP contribution in [0.2, 0.25) is 0 Å². The Labute approximate surface area is 116 Å². The van der Waals surface area contributed by atoms with Crippen LogP contribution in [0.4, 0.5) is 0 Å². The molecule has 2 heteroatoms. The molecule has 2 unspecified atom stereocenters. The van der Waals surface area contributed by atoms with E-state index in [4.69, 9.17) is 0 Å². The summed E-state index contributed by atoms with van der Waals surface area (Å²) < 4.78 is 0. The molecule has 1 fully saturated rings. The van der Waals surface area contributed by atoms with Gasteiger partial charge in [-0.15, -0.1) is 0 Å². The van der Waals surface area contributed by atoms with E-state index in [0.29, 0.717) is 23.8 Å². The van der Waals surface area contributed by atoms with Crippen molar-refractivity contribution < 1.29 is 5.11 Å². The average molecular weight is 259 g/mol. The average Bonchev–Trinajstić information content (AvgIpc) is 3.01. The molecular weight excluding hydrogens is 234 g/mol. The predicted molar refractivity (Wildman–Crippen MR) is 81.2 cm³/mol. The van der Waals surface area contributed by atoms with Crippen LogP contribution >= 0.6 is 0 Å². The predicted octanol–water partition coefficient (Wildman–Crippen LogP) is 3.91. The minimum absolute atomic E-state index is 0.348. The molecule has 1 aliphatic heterocycles. The lowest BCUT2D eigenvalue weighted by Crippen LogP contribution is -2.36. The second-order valence-electron chi connectivity index (χ2n) is 5.46. The molecule has 1 aromatic carbocycles. The molecule has 1 heterocycles. The Balaban J connectivity index is 0.000000637. The molecule has 2 aliphatic rings. The van der Waals surface area contributed by atoms with E-state index in [0.717, 1.165) is 0 Å². The van der Waals surface area contributed by atoms with Crippen LogP contribution < -0.4 is 0 Å². The van der Waals surface area contributed by atoms with Crippen LogP contribution in [0.5, 0.6) is 5.75 Å². The zero-order valence-electron chi connectivity index (χ0n) is 12.4. The Hall–Kier alpha value is -1.28. The van der Waals surface area contributed by atoms with Gasteiger partial charge in [-0.25, -0.2) is 0 Å². The molecule has 3 rings (SSSR count). The van der Waals surface area contributed by atoms with E-state index in [1.807, 2.05) is 26.0 Å². The van der Waals surface area contributed by atoms with Crippen LogP contribution in [-0.2, 0) is 0 Å². The van der Waals surface area contributed by atoms with Crippen LogP contribution in [0.15, 0.2) is 30.3 Å². The van der Waals surface area contributed by atoms with Crippen molar-refractivity contribution in [2.24, 2.45) is 5.92 Å². The van der Waals surface area contributed by atoms with Crippen molar-refractivity contribution in [2.75, 3.05) is 6.54 Å². The smallest absolute Gasteiger partial charge is 0.115 e. The van der Waals surface area contributed by atoms with Crippen molar-refractivity contribution in [1.82, 2.24) is 4.90 Å². The van der Waals surface area contributed by atoms with Crippen LogP contribution in [0.3, 0.4) is 0 Å². The number of rotatable bonds is 2. The first kappa shape index (κ1) is 14.1. The first-order valence-electron chi connectivity index (χ1n) is 7.42. The van der Waals surface area contributed by atoms with Gasteiger partial charge in [-0.05, 0) is 49.5 Å². The van der Waals surface area contributed by atoms with Crippen LogP contribution in [0.1, 0.15) is 39.7 Å². The number of hydrogen-bond acceptors (Lipinski definition) is 2. The fourth-order valence-corrected chi connectivity index (χ4v) is 3.20. The molecule has 0 aromatic heterocycles. The SMILES string of the molecule is CC.CC(C)N1CC2CC1C=C2c1ccc(O)cc1. The van der Waals surface area contributed by atoms with E-state index in [1.165, 1.54) is 24.1 Å². The zero-order valence-corrected chi connectivity index (χ0v) is 12.4. The van der Waals surface area contributed by atoms with Gasteiger partial charge in [0.15, 0.2) is 0 Å². The summed E-state index contributed by atoms with van der Waals surface area (Å²) in [5.41, 5.74) is 2.76. The van der Waals surface area contributed by atoms with Crippen molar-refractivity contribution in [3.05, 3.63) is 35.9 Å². The van der Waals surface area contributed by atoms with Gasteiger partial charge in [-0.2, -0.15) is 0 Å². The summed E-state index contributed by atoms with van der Waals surface area (Å²) in [6.07, 6.45) is 3.69. The maximum atomic E-state index is 9.32. The number of hydrogen-bond donors (Lipinski definition) is 1. The molecule has 19 heavy (non-hydrogen) atoms. The van der Waals surface area contributed by atoms with Gasteiger partial charge in [-0.1, -0.05) is 32.1 Å². The van der Waals surface area contributed by atoms with Crippen LogP contribution in [0.25, 0.3) is 5.57 Å². The molecular formula is C17H25NO. The molecule has 1 N–H and O–H groups in total. The second kappa shape index (κ2) is 5.79. The summed E-state index contributed by atoms with van der Waals surface area (Å²) >= 11 is 0. The van der Waals surface area contributed by atoms with E-state index in [2.05, 4.69) is 24.8 Å². The Morgan fingerprint density at radius 1 is 1.16 bits per heavy atom. The van der Waals surface area contributed by atoms with E-state index >= 15 is 0 Å². The molecule has 1 saturated heterocycles. The van der Waals surface area contributed by atoms with Crippen molar-refractivity contribution >= 4 is 5.57 Å². The molecule has 0 spiro atoms. The highest BCUT2D eigenvalue weighted by Gasteiger charge is 2.39. The third kappa shape index (κ3) is 2.69. The molecule has 2 atom stereocenters. The van der Waals surface area contributed by atoms with Gasteiger partial charge in [0, 0.05) is 18.6 Å². The third-order valence-corrected chi connectivity index (χ3v) is 4.06.